The Morgan fingerprint density at radius 2 is 1.59 bits per heavy atom. The van der Waals surface area contributed by atoms with E-state index >= 15 is 0 Å². The summed E-state index contributed by atoms with van der Waals surface area (Å²) in [7, 11) is 0. The van der Waals surface area contributed by atoms with Gasteiger partial charge in [0.05, 0.1) is 4.47 Å². The smallest absolute Gasteiger partial charge is 0.233 e. The zero-order valence-electron chi connectivity index (χ0n) is 11.3. The topological polar surface area (TPSA) is 43.4 Å². The number of Topliss-reactive ketones (excluding diaryl/α,β-unsaturated/α-hetero) is 2. The predicted molar refractivity (Wildman–Crippen MR) is 80.7 cm³/mol. The Morgan fingerprint density at radius 3 is 2.18 bits per heavy atom. The fourth-order valence-corrected chi connectivity index (χ4v) is 2.14. The van der Waals surface area contributed by atoms with Crippen LogP contribution in [0.5, 0.6) is 5.75 Å². The van der Waals surface area contributed by atoms with E-state index in [0.29, 0.717) is 5.75 Å². The van der Waals surface area contributed by atoms with Crippen molar-refractivity contribution in [3.8, 4) is 5.75 Å². The van der Waals surface area contributed by atoms with E-state index in [1.165, 1.54) is 36.4 Å². The second-order valence-electron chi connectivity index (χ2n) is 4.35. The molecule has 6 heteroatoms. The van der Waals surface area contributed by atoms with Crippen molar-refractivity contribution in [2.24, 2.45) is 0 Å². The molecule has 0 aromatic heterocycles. The Bertz CT molecular complexity index is 699. The molecule has 2 aromatic rings. The second kappa shape index (κ2) is 7.26. The van der Waals surface area contributed by atoms with Crippen molar-refractivity contribution in [1.29, 1.82) is 0 Å². The van der Waals surface area contributed by atoms with Gasteiger partial charge in [0.25, 0.3) is 0 Å². The van der Waals surface area contributed by atoms with Gasteiger partial charge in [0, 0.05) is 11.1 Å². The monoisotopic (exact) mass is 368 g/mol. The number of ether oxygens (including phenoxy) is 1. The highest BCUT2D eigenvalue weighted by atomic mass is 79.9. The van der Waals surface area contributed by atoms with Gasteiger partial charge >= 0.3 is 0 Å². The minimum atomic E-state index is -0.738. The Kier molecular flexibility index (Phi) is 5.38. The van der Waals surface area contributed by atoms with Crippen molar-refractivity contribution >= 4 is 27.5 Å². The molecule has 22 heavy (non-hydrogen) atoms. The highest BCUT2D eigenvalue weighted by molar-refractivity contribution is 9.10. The van der Waals surface area contributed by atoms with E-state index in [-0.39, 0.29) is 22.2 Å². The maximum atomic E-state index is 13.1. The van der Waals surface area contributed by atoms with Crippen LogP contribution in [0.4, 0.5) is 8.78 Å². The summed E-state index contributed by atoms with van der Waals surface area (Å²) in [5.41, 5.74) is 0.272. The maximum absolute atomic E-state index is 13.1. The molecule has 0 fully saturated rings. The van der Waals surface area contributed by atoms with E-state index in [9.17, 15) is 18.4 Å². The average molecular weight is 369 g/mol. The second-order valence-corrected chi connectivity index (χ2v) is 5.20. The van der Waals surface area contributed by atoms with Gasteiger partial charge in [0.1, 0.15) is 24.8 Å². The Morgan fingerprint density at radius 1 is 1.00 bits per heavy atom. The fourth-order valence-electron chi connectivity index (χ4n) is 1.76. The van der Waals surface area contributed by atoms with E-state index < -0.39 is 24.1 Å². The minimum Gasteiger partial charge on any atom is -0.491 e. The van der Waals surface area contributed by atoms with Crippen molar-refractivity contribution in [3.05, 3.63) is 63.9 Å². The van der Waals surface area contributed by atoms with Gasteiger partial charge in [-0.25, -0.2) is 8.78 Å². The summed E-state index contributed by atoms with van der Waals surface area (Å²) >= 11 is 2.97. The molecular formula is C16H11BrF2O3. The van der Waals surface area contributed by atoms with Crippen molar-refractivity contribution in [2.75, 3.05) is 13.3 Å². The number of carbonyl (C=O) groups is 2. The van der Waals surface area contributed by atoms with Crippen LogP contribution in [-0.2, 0) is 0 Å². The number of alkyl halides is 1. The van der Waals surface area contributed by atoms with E-state index in [2.05, 4.69) is 15.9 Å². The van der Waals surface area contributed by atoms with Crippen LogP contribution < -0.4 is 4.74 Å². The minimum absolute atomic E-state index is 0.0736. The Labute approximate surface area is 134 Å². The van der Waals surface area contributed by atoms with Gasteiger partial charge in [-0.15, -0.1) is 0 Å². The normalized spacial score (nSPS) is 10.3. The molecule has 0 unspecified atom stereocenters. The first-order valence-electron chi connectivity index (χ1n) is 6.36. The molecule has 2 rings (SSSR count). The summed E-state index contributed by atoms with van der Waals surface area (Å²) < 4.78 is 30.3. The van der Waals surface area contributed by atoms with Gasteiger partial charge in [-0.1, -0.05) is 0 Å². The van der Waals surface area contributed by atoms with Crippen LogP contribution in [0.3, 0.4) is 0 Å². The first-order valence-corrected chi connectivity index (χ1v) is 7.15. The third-order valence-corrected chi connectivity index (χ3v) is 3.46. The SMILES string of the molecule is O=C(C(=O)c1ccc(F)c(Br)c1)c1ccc(OCCF)cc1. The van der Waals surface area contributed by atoms with Gasteiger partial charge in [-0.05, 0) is 58.4 Å². The summed E-state index contributed by atoms with van der Waals surface area (Å²) in [6.45, 7) is -0.686. The maximum Gasteiger partial charge on any atom is 0.233 e. The summed E-state index contributed by atoms with van der Waals surface area (Å²) in [6, 6.07) is 9.43. The third-order valence-electron chi connectivity index (χ3n) is 2.85. The van der Waals surface area contributed by atoms with Crippen LogP contribution in [0.25, 0.3) is 0 Å². The zero-order chi connectivity index (χ0) is 16.1. The number of hydrogen-bond acceptors (Lipinski definition) is 3. The van der Waals surface area contributed by atoms with Crippen LogP contribution in [-0.4, -0.2) is 24.8 Å². The quantitative estimate of drug-likeness (QED) is 0.571. The molecule has 2 aromatic carbocycles. The number of halogens is 3. The molecule has 0 spiro atoms. The highest BCUT2D eigenvalue weighted by Gasteiger charge is 2.19. The lowest BCUT2D eigenvalue weighted by Gasteiger charge is -2.05. The number of benzene rings is 2. The van der Waals surface area contributed by atoms with Gasteiger partial charge in [-0.2, -0.15) is 0 Å². The van der Waals surface area contributed by atoms with E-state index in [4.69, 9.17) is 4.74 Å². The van der Waals surface area contributed by atoms with Gasteiger partial charge < -0.3 is 4.74 Å². The lowest BCUT2D eigenvalue weighted by atomic mass is 10.0. The molecule has 0 saturated carbocycles. The standard InChI is InChI=1S/C16H11BrF2O3/c17-13-9-11(3-6-14(13)19)16(21)15(20)10-1-4-12(5-2-10)22-8-7-18/h1-6,9H,7-8H2. The van der Waals surface area contributed by atoms with Crippen molar-refractivity contribution in [3.63, 3.8) is 0 Å². The van der Waals surface area contributed by atoms with E-state index in [1.54, 1.807) is 0 Å². The molecule has 3 nitrogen and oxygen atoms in total. The molecule has 0 aliphatic rings. The number of ketones is 2. The van der Waals surface area contributed by atoms with Crippen molar-refractivity contribution < 1.29 is 23.1 Å². The lowest BCUT2D eigenvalue weighted by Crippen LogP contribution is -2.14. The molecule has 0 saturated heterocycles. The van der Waals surface area contributed by atoms with Crippen LogP contribution in [0.15, 0.2) is 46.9 Å². The van der Waals surface area contributed by atoms with Crippen molar-refractivity contribution in [1.82, 2.24) is 0 Å². The molecule has 0 aliphatic heterocycles. The van der Waals surface area contributed by atoms with Crippen LogP contribution in [0.2, 0.25) is 0 Å². The third kappa shape index (κ3) is 3.76. The molecule has 0 heterocycles. The van der Waals surface area contributed by atoms with Crippen LogP contribution in [0.1, 0.15) is 20.7 Å². The molecule has 0 N–H and O–H groups in total. The van der Waals surface area contributed by atoms with E-state index in [0.717, 1.165) is 6.07 Å². The first-order chi connectivity index (χ1) is 10.5. The van der Waals surface area contributed by atoms with Gasteiger partial charge in [0.2, 0.25) is 11.6 Å². The molecule has 0 aliphatic carbocycles. The largest absolute Gasteiger partial charge is 0.491 e. The molecule has 0 amide bonds. The van der Waals surface area contributed by atoms with Crippen LogP contribution >= 0.6 is 15.9 Å². The zero-order valence-corrected chi connectivity index (χ0v) is 12.9. The molecule has 0 radical (unpaired) electrons. The van der Waals surface area contributed by atoms with Crippen molar-refractivity contribution in [2.45, 2.75) is 0 Å². The average Bonchev–Trinajstić information content (AvgIpc) is 2.54. The number of carbonyl (C=O) groups excluding carboxylic acids is 2. The number of hydrogen-bond donors (Lipinski definition) is 0. The summed E-state index contributed by atoms with van der Waals surface area (Å²) in [4.78, 5) is 24.2. The Hall–Kier alpha value is -2.08. The van der Waals surface area contributed by atoms with E-state index in [1.807, 2.05) is 0 Å². The molecule has 0 atom stereocenters. The molecular weight excluding hydrogens is 358 g/mol. The van der Waals surface area contributed by atoms with Gasteiger partial charge in [0.15, 0.2) is 0 Å². The Balaban J connectivity index is 2.16. The fraction of sp³-hybridized carbons (Fsp3) is 0.125. The van der Waals surface area contributed by atoms with Gasteiger partial charge in [-0.3, -0.25) is 9.59 Å². The summed E-state index contributed by atoms with van der Waals surface area (Å²) in [6.07, 6.45) is 0. The summed E-state index contributed by atoms with van der Waals surface area (Å²) in [5, 5.41) is 0. The van der Waals surface area contributed by atoms with Crippen LogP contribution in [0, 0.1) is 5.82 Å². The lowest BCUT2D eigenvalue weighted by molar-refractivity contribution is 0.0817. The highest BCUT2D eigenvalue weighted by Crippen LogP contribution is 2.19. The first kappa shape index (κ1) is 16.3. The molecule has 114 valence electrons. The summed E-state index contributed by atoms with van der Waals surface area (Å²) in [5.74, 6) is -1.56. The predicted octanol–water partition coefficient (Wildman–Crippen LogP) is 4.00. The number of rotatable bonds is 6. The molecule has 0 bridgehead atoms.